The first-order chi connectivity index (χ1) is 2.41. The first-order valence-corrected chi connectivity index (χ1v) is 3.27. The molecule has 0 fully saturated rings. The van der Waals surface area contributed by atoms with Crippen LogP contribution in [0, 0.1) is 0 Å². The van der Waals surface area contributed by atoms with Crippen molar-refractivity contribution >= 4 is 41.0 Å². The van der Waals surface area contributed by atoms with Crippen LogP contribution in [0.4, 0.5) is 0 Å². The molecule has 0 nitrogen and oxygen atoms in total. The van der Waals surface area contributed by atoms with E-state index in [0.29, 0.717) is 0 Å². The fourth-order valence-electron chi connectivity index (χ4n) is 0.0393. The van der Waals surface area contributed by atoms with E-state index in [9.17, 15) is 0 Å². The Morgan fingerprint density at radius 1 is 1.20 bits per heavy atom. The van der Waals surface area contributed by atoms with Gasteiger partial charge in [-0.25, -0.2) is 0 Å². The van der Waals surface area contributed by atoms with Gasteiger partial charge in [-0.1, -0.05) is 0 Å². The molecule has 0 saturated heterocycles. The Labute approximate surface area is 47.7 Å². The van der Waals surface area contributed by atoms with Gasteiger partial charge in [-0.15, -0.1) is 0 Å². The van der Waals surface area contributed by atoms with Crippen LogP contribution in [-0.4, -0.2) is 41.0 Å². The van der Waals surface area contributed by atoms with E-state index in [1.165, 1.54) is 0 Å². The van der Waals surface area contributed by atoms with Crippen LogP contribution >= 0.6 is 0 Å². The molecule has 0 aliphatic rings. The molecule has 0 atom stereocenters. The molecule has 0 amide bonds. The van der Waals surface area contributed by atoms with Crippen LogP contribution in [-0.2, 0) is 0 Å². The summed E-state index contributed by atoms with van der Waals surface area (Å²) in [5.74, 6) is 0. The van der Waals surface area contributed by atoms with E-state index in [1.807, 2.05) is 9.84 Å². The van der Waals surface area contributed by atoms with Crippen LogP contribution in [0.2, 0.25) is 0 Å². The molecule has 0 saturated carbocycles. The molecule has 0 N–H and O–H groups in total. The Morgan fingerprint density at radius 2 is 1.60 bits per heavy atom. The molecule has 0 heterocycles. The van der Waals surface area contributed by atoms with Gasteiger partial charge in [0.15, 0.2) is 0 Å². The average Bonchev–Trinajstić information content (AvgIpc) is 1.41. The molecule has 0 bridgehead atoms. The summed E-state index contributed by atoms with van der Waals surface area (Å²) in [6.07, 6.45) is 1.03. The number of rotatable bonds is 2. The van der Waals surface area contributed by atoms with Crippen LogP contribution in [0.3, 0.4) is 0 Å². The second-order valence-electron chi connectivity index (χ2n) is 0.569. The second-order valence-corrected chi connectivity index (χ2v) is 1.97. The zero-order valence-corrected chi connectivity index (χ0v) is 6.10. The van der Waals surface area contributed by atoms with Crippen molar-refractivity contribution in [3.8, 4) is 0 Å². The predicted molar refractivity (Wildman–Crippen MR) is 28.3 cm³/mol. The Balaban J connectivity index is 2.65. The van der Waals surface area contributed by atoms with Crippen molar-refractivity contribution < 1.29 is 0 Å². The maximum absolute atomic E-state index is 2.77. The van der Waals surface area contributed by atoms with Gasteiger partial charge in [-0.2, -0.15) is 0 Å². The first kappa shape index (κ1) is 5.78. The summed E-state index contributed by atoms with van der Waals surface area (Å²) in [5, 5.41) is 0. The van der Waals surface area contributed by atoms with Crippen molar-refractivity contribution in [1.82, 2.24) is 0 Å². The number of hydrogen-bond donors (Lipinski definition) is 0. The summed E-state index contributed by atoms with van der Waals surface area (Å²) < 4.78 is 0. The van der Waals surface area contributed by atoms with Crippen LogP contribution < -0.4 is 0 Å². The molecule has 28 valence electrons. The monoisotopic (exact) mass is 200 g/mol. The summed E-state index contributed by atoms with van der Waals surface area (Å²) in [5.41, 5.74) is 0. The topological polar surface area (TPSA) is 0 Å². The SMILES string of the molecule is [Se]=CCC=[Se]. The van der Waals surface area contributed by atoms with Crippen molar-refractivity contribution in [1.29, 1.82) is 0 Å². The predicted octanol–water partition coefficient (Wildman–Crippen LogP) is -0.682. The van der Waals surface area contributed by atoms with Crippen molar-refractivity contribution in [3.63, 3.8) is 0 Å². The first-order valence-electron chi connectivity index (χ1n) is 1.29. The van der Waals surface area contributed by atoms with Gasteiger partial charge in [0.2, 0.25) is 0 Å². The Kier molecular flexibility index (Phi) is 5.52. The molecule has 0 unspecified atom stereocenters. The fraction of sp³-hybridized carbons (Fsp3) is 0.333. The van der Waals surface area contributed by atoms with Crippen LogP contribution in [0.15, 0.2) is 0 Å². The molecule has 0 aliphatic heterocycles. The van der Waals surface area contributed by atoms with Gasteiger partial charge in [0, 0.05) is 0 Å². The van der Waals surface area contributed by atoms with Gasteiger partial charge in [0.05, 0.1) is 0 Å². The minimum absolute atomic E-state index is 1.03. The van der Waals surface area contributed by atoms with Gasteiger partial charge >= 0.3 is 47.4 Å². The quantitative estimate of drug-likeness (QED) is 0.515. The average molecular weight is 198 g/mol. The molecule has 0 aliphatic carbocycles. The van der Waals surface area contributed by atoms with Crippen molar-refractivity contribution in [3.05, 3.63) is 0 Å². The van der Waals surface area contributed by atoms with E-state index < -0.39 is 0 Å². The Morgan fingerprint density at radius 3 is 1.60 bits per heavy atom. The van der Waals surface area contributed by atoms with Crippen LogP contribution in [0.25, 0.3) is 0 Å². The van der Waals surface area contributed by atoms with Gasteiger partial charge in [0.25, 0.3) is 0 Å². The molecule has 0 radical (unpaired) electrons. The molecule has 2 heteroatoms. The molecule has 0 aromatic rings. The van der Waals surface area contributed by atoms with E-state index >= 15 is 0 Å². The van der Waals surface area contributed by atoms with Gasteiger partial charge < -0.3 is 0 Å². The Hall–Kier alpha value is 0.779. The zero-order valence-electron chi connectivity index (χ0n) is 2.68. The summed E-state index contributed by atoms with van der Waals surface area (Å²) in [4.78, 5) is 3.94. The van der Waals surface area contributed by atoms with E-state index in [4.69, 9.17) is 0 Å². The summed E-state index contributed by atoms with van der Waals surface area (Å²) in [6, 6.07) is 0. The standard InChI is InChI=1S/C3H4Se2/c4-2-1-3-5/h2-3H,1H2. The summed E-state index contributed by atoms with van der Waals surface area (Å²) in [7, 11) is 0. The molecule has 0 rings (SSSR count). The molecular formula is C3H4Se2. The minimum atomic E-state index is 1.03. The van der Waals surface area contributed by atoms with Crippen molar-refractivity contribution in [2.24, 2.45) is 0 Å². The van der Waals surface area contributed by atoms with E-state index in [0.717, 1.165) is 6.42 Å². The maximum atomic E-state index is 2.77. The summed E-state index contributed by atoms with van der Waals surface area (Å²) >= 11 is 5.53. The van der Waals surface area contributed by atoms with Crippen LogP contribution in [0.5, 0.6) is 0 Å². The molecule has 5 heavy (non-hydrogen) atoms. The third-order valence-electron chi connectivity index (χ3n) is 0.192. The molecule has 0 spiro atoms. The molecule has 0 aromatic carbocycles. The zero-order chi connectivity index (χ0) is 4.12. The fourth-order valence-corrected chi connectivity index (χ4v) is 1.06. The third-order valence-corrected chi connectivity index (χ3v) is 1.00. The van der Waals surface area contributed by atoms with Gasteiger partial charge in [0.1, 0.15) is 0 Å². The molecule has 0 aromatic heterocycles. The van der Waals surface area contributed by atoms with Gasteiger partial charge in [-0.3, -0.25) is 0 Å². The summed E-state index contributed by atoms with van der Waals surface area (Å²) in [6.45, 7) is 0. The third kappa shape index (κ3) is 4.78. The van der Waals surface area contributed by atoms with Crippen molar-refractivity contribution in [2.45, 2.75) is 6.42 Å². The van der Waals surface area contributed by atoms with E-state index in [2.05, 4.69) is 31.2 Å². The Bertz CT molecular complexity index is 34.2. The van der Waals surface area contributed by atoms with E-state index in [1.54, 1.807) is 0 Å². The normalized spacial score (nSPS) is 6.40. The van der Waals surface area contributed by atoms with Crippen molar-refractivity contribution in [2.75, 3.05) is 0 Å². The second kappa shape index (κ2) is 4.78. The molecular weight excluding hydrogens is 194 g/mol. The van der Waals surface area contributed by atoms with Gasteiger partial charge in [-0.05, 0) is 0 Å². The van der Waals surface area contributed by atoms with Crippen LogP contribution in [0.1, 0.15) is 6.42 Å². The van der Waals surface area contributed by atoms with E-state index in [-0.39, 0.29) is 0 Å². The number of hydrogen-bond acceptors (Lipinski definition) is 0.